The van der Waals surface area contributed by atoms with Crippen molar-refractivity contribution in [3.05, 3.63) is 0 Å². The first-order chi connectivity index (χ1) is 8.52. The van der Waals surface area contributed by atoms with Crippen LogP contribution in [-0.4, -0.2) is 53.6 Å². The van der Waals surface area contributed by atoms with E-state index in [4.69, 9.17) is 21.4 Å². The molecule has 1 fully saturated rings. The fraction of sp³-hybridized carbons (Fsp3) is 0.700. The number of nitrogens with two attached hydrogens (primary N) is 2. The first kappa shape index (κ1) is 14.2. The summed E-state index contributed by atoms with van der Waals surface area (Å²) in [6.07, 6.45) is 0.373. The Morgan fingerprint density at radius 3 is 2.72 bits per heavy atom. The summed E-state index contributed by atoms with van der Waals surface area (Å²) in [5.41, 5.74) is 10.7. The van der Waals surface area contributed by atoms with Gasteiger partial charge < -0.3 is 26.3 Å². The number of amides is 2. The predicted octanol–water partition coefficient (Wildman–Crippen LogP) is -1.53. The van der Waals surface area contributed by atoms with Crippen LogP contribution in [0, 0.1) is 5.92 Å². The number of nitrogens with zero attached hydrogens (tertiary/aromatic N) is 2. The number of amidine groups is 1. The van der Waals surface area contributed by atoms with Gasteiger partial charge in [0.05, 0.1) is 19.1 Å². The molecule has 8 heteroatoms. The SMILES string of the molecule is CCC(C(=O)N1CCOCC1C(N)=O)C(N)=NO. The molecule has 0 aromatic rings. The van der Waals surface area contributed by atoms with Crippen LogP contribution in [0.25, 0.3) is 0 Å². The van der Waals surface area contributed by atoms with E-state index >= 15 is 0 Å². The minimum atomic E-state index is -0.799. The highest BCUT2D eigenvalue weighted by atomic mass is 16.5. The highest BCUT2D eigenvalue weighted by molar-refractivity contribution is 6.03. The molecule has 8 nitrogen and oxygen atoms in total. The second kappa shape index (κ2) is 6.20. The topological polar surface area (TPSA) is 131 Å². The number of hydrogen-bond donors (Lipinski definition) is 3. The fourth-order valence-electron chi connectivity index (χ4n) is 1.88. The van der Waals surface area contributed by atoms with E-state index < -0.39 is 17.9 Å². The van der Waals surface area contributed by atoms with Crippen molar-refractivity contribution in [2.45, 2.75) is 19.4 Å². The van der Waals surface area contributed by atoms with Gasteiger partial charge in [-0.3, -0.25) is 9.59 Å². The Hall–Kier alpha value is -1.83. The molecule has 1 rings (SSSR count). The summed E-state index contributed by atoms with van der Waals surface area (Å²) in [7, 11) is 0. The number of hydrogen-bond acceptors (Lipinski definition) is 5. The molecule has 0 aromatic carbocycles. The number of primary amides is 1. The lowest BCUT2D eigenvalue weighted by molar-refractivity contribution is -0.148. The van der Waals surface area contributed by atoms with E-state index in [-0.39, 0.29) is 24.9 Å². The predicted molar refractivity (Wildman–Crippen MR) is 62.7 cm³/mol. The fourth-order valence-corrected chi connectivity index (χ4v) is 1.88. The van der Waals surface area contributed by atoms with Crippen molar-refractivity contribution in [2.24, 2.45) is 22.5 Å². The number of morpholine rings is 1. The third-order valence-corrected chi connectivity index (χ3v) is 2.92. The smallest absolute Gasteiger partial charge is 0.242 e. The van der Waals surface area contributed by atoms with Crippen LogP contribution in [0.15, 0.2) is 5.16 Å². The Labute approximate surface area is 105 Å². The molecule has 0 aromatic heterocycles. The summed E-state index contributed by atoms with van der Waals surface area (Å²) in [5, 5.41) is 11.5. The summed E-state index contributed by atoms with van der Waals surface area (Å²) in [6, 6.07) is -0.799. The molecule has 18 heavy (non-hydrogen) atoms. The zero-order chi connectivity index (χ0) is 13.7. The number of carbonyl (C=O) groups is 2. The maximum atomic E-state index is 12.2. The molecular weight excluding hydrogens is 240 g/mol. The summed E-state index contributed by atoms with van der Waals surface area (Å²) >= 11 is 0. The number of carbonyl (C=O) groups excluding carboxylic acids is 2. The Bertz CT molecular complexity index is 358. The van der Waals surface area contributed by atoms with Gasteiger partial charge in [0.1, 0.15) is 6.04 Å². The molecule has 1 heterocycles. The van der Waals surface area contributed by atoms with Crippen molar-refractivity contribution in [3.8, 4) is 0 Å². The van der Waals surface area contributed by atoms with E-state index in [1.54, 1.807) is 6.92 Å². The summed E-state index contributed by atoms with van der Waals surface area (Å²) in [4.78, 5) is 24.8. The van der Waals surface area contributed by atoms with Crippen LogP contribution in [0.5, 0.6) is 0 Å². The average molecular weight is 258 g/mol. The number of rotatable bonds is 4. The van der Waals surface area contributed by atoms with Crippen molar-refractivity contribution < 1.29 is 19.5 Å². The lowest BCUT2D eigenvalue weighted by Gasteiger charge is -2.35. The van der Waals surface area contributed by atoms with Crippen molar-refractivity contribution in [3.63, 3.8) is 0 Å². The van der Waals surface area contributed by atoms with Crippen LogP contribution in [-0.2, 0) is 14.3 Å². The Morgan fingerprint density at radius 1 is 1.56 bits per heavy atom. The van der Waals surface area contributed by atoms with Gasteiger partial charge in [-0.25, -0.2) is 0 Å². The first-order valence-corrected chi connectivity index (χ1v) is 5.67. The Kier molecular flexibility index (Phi) is 4.90. The minimum absolute atomic E-state index is 0.0771. The number of oxime groups is 1. The third-order valence-electron chi connectivity index (χ3n) is 2.92. The van der Waals surface area contributed by atoms with Gasteiger partial charge >= 0.3 is 0 Å². The molecule has 1 saturated heterocycles. The molecular formula is C10H18N4O4. The largest absolute Gasteiger partial charge is 0.409 e. The van der Waals surface area contributed by atoms with Gasteiger partial charge in [0.25, 0.3) is 0 Å². The number of ether oxygens (including phenoxy) is 1. The second-order valence-corrected chi connectivity index (χ2v) is 4.01. The van der Waals surface area contributed by atoms with E-state index in [1.165, 1.54) is 4.90 Å². The van der Waals surface area contributed by atoms with Gasteiger partial charge in [0.2, 0.25) is 11.8 Å². The van der Waals surface area contributed by atoms with Crippen LogP contribution >= 0.6 is 0 Å². The second-order valence-electron chi connectivity index (χ2n) is 4.01. The zero-order valence-electron chi connectivity index (χ0n) is 10.2. The molecule has 1 aliphatic rings. The van der Waals surface area contributed by atoms with Crippen LogP contribution in [0.1, 0.15) is 13.3 Å². The third kappa shape index (κ3) is 2.89. The minimum Gasteiger partial charge on any atom is -0.409 e. The lowest BCUT2D eigenvalue weighted by atomic mass is 10.0. The van der Waals surface area contributed by atoms with Crippen molar-refractivity contribution >= 4 is 17.6 Å². The van der Waals surface area contributed by atoms with E-state index in [9.17, 15) is 9.59 Å². The maximum absolute atomic E-state index is 12.2. The van der Waals surface area contributed by atoms with Gasteiger partial charge in [-0.1, -0.05) is 12.1 Å². The molecule has 5 N–H and O–H groups in total. The monoisotopic (exact) mass is 258 g/mol. The molecule has 0 radical (unpaired) electrons. The summed E-state index contributed by atoms with van der Waals surface area (Å²) in [5.74, 6) is -1.93. The molecule has 102 valence electrons. The van der Waals surface area contributed by atoms with Crippen molar-refractivity contribution in [2.75, 3.05) is 19.8 Å². The average Bonchev–Trinajstić information content (AvgIpc) is 2.39. The standard InChI is InChI=1S/C10H18N4O4/c1-2-6(8(11)13-17)10(16)14-3-4-18-5-7(14)9(12)15/h6-7,17H,2-5H2,1H3,(H2,11,13)(H2,12,15). The van der Waals surface area contributed by atoms with Crippen LogP contribution in [0.2, 0.25) is 0 Å². The van der Waals surface area contributed by atoms with E-state index in [1.807, 2.05) is 0 Å². The van der Waals surface area contributed by atoms with Gasteiger partial charge in [-0.2, -0.15) is 0 Å². The lowest BCUT2D eigenvalue weighted by Crippen LogP contribution is -2.57. The summed E-state index contributed by atoms with van der Waals surface area (Å²) in [6.45, 7) is 2.41. The molecule has 0 spiro atoms. The zero-order valence-corrected chi connectivity index (χ0v) is 10.2. The van der Waals surface area contributed by atoms with Crippen molar-refractivity contribution in [1.82, 2.24) is 4.90 Å². The van der Waals surface area contributed by atoms with Gasteiger partial charge in [-0.05, 0) is 6.42 Å². The molecule has 0 aliphatic carbocycles. The molecule has 1 aliphatic heterocycles. The normalized spacial score (nSPS) is 22.6. The molecule has 0 saturated carbocycles. The first-order valence-electron chi connectivity index (χ1n) is 5.67. The maximum Gasteiger partial charge on any atom is 0.242 e. The molecule has 2 atom stereocenters. The van der Waals surface area contributed by atoms with Crippen LogP contribution < -0.4 is 11.5 Å². The molecule has 0 bridgehead atoms. The van der Waals surface area contributed by atoms with Gasteiger partial charge in [-0.15, -0.1) is 0 Å². The van der Waals surface area contributed by atoms with E-state index in [0.29, 0.717) is 13.0 Å². The highest BCUT2D eigenvalue weighted by Crippen LogP contribution is 2.14. The van der Waals surface area contributed by atoms with Crippen LogP contribution in [0.4, 0.5) is 0 Å². The van der Waals surface area contributed by atoms with E-state index in [0.717, 1.165) is 0 Å². The molecule has 2 amide bonds. The Morgan fingerprint density at radius 2 is 2.22 bits per heavy atom. The van der Waals surface area contributed by atoms with Crippen molar-refractivity contribution in [1.29, 1.82) is 0 Å². The highest BCUT2D eigenvalue weighted by Gasteiger charge is 2.35. The van der Waals surface area contributed by atoms with E-state index in [2.05, 4.69) is 5.16 Å². The van der Waals surface area contributed by atoms with Crippen LogP contribution in [0.3, 0.4) is 0 Å². The van der Waals surface area contributed by atoms with Gasteiger partial charge in [0.15, 0.2) is 5.84 Å². The molecule has 2 unspecified atom stereocenters. The van der Waals surface area contributed by atoms with Gasteiger partial charge in [0, 0.05) is 6.54 Å². The quantitative estimate of drug-likeness (QED) is 0.244. The Balaban J connectivity index is 2.88. The summed E-state index contributed by atoms with van der Waals surface area (Å²) < 4.78 is 5.12.